The Morgan fingerprint density at radius 1 is 1.34 bits per heavy atom. The van der Waals surface area contributed by atoms with Gasteiger partial charge in [-0.2, -0.15) is 0 Å². The summed E-state index contributed by atoms with van der Waals surface area (Å²) in [5, 5.41) is 6.18. The first-order valence-electron chi connectivity index (χ1n) is 10.1. The SMILES string of the molecule is CN=C(NCCS(=O)(=O)NCC1CCCCO1)NCC(C)Oc1cccc(C)c1. The van der Waals surface area contributed by atoms with Gasteiger partial charge in [-0.15, -0.1) is 0 Å². The number of nitrogens with zero attached hydrogens (tertiary/aromatic N) is 1. The van der Waals surface area contributed by atoms with Gasteiger partial charge >= 0.3 is 0 Å². The van der Waals surface area contributed by atoms with Crippen molar-refractivity contribution in [2.45, 2.75) is 45.3 Å². The number of benzene rings is 1. The molecule has 1 saturated heterocycles. The minimum absolute atomic E-state index is 0.0178. The Labute approximate surface area is 174 Å². The van der Waals surface area contributed by atoms with E-state index in [0.29, 0.717) is 25.7 Å². The van der Waals surface area contributed by atoms with Gasteiger partial charge in [-0.05, 0) is 50.8 Å². The van der Waals surface area contributed by atoms with Crippen molar-refractivity contribution in [3.8, 4) is 5.75 Å². The monoisotopic (exact) mass is 426 g/mol. The molecule has 1 fully saturated rings. The normalized spacial score (nSPS) is 18.9. The van der Waals surface area contributed by atoms with E-state index in [-0.39, 0.29) is 24.5 Å². The highest BCUT2D eigenvalue weighted by Gasteiger charge is 2.17. The van der Waals surface area contributed by atoms with Crippen molar-refractivity contribution in [3.05, 3.63) is 29.8 Å². The fourth-order valence-electron chi connectivity index (χ4n) is 2.99. The van der Waals surface area contributed by atoms with Crippen LogP contribution in [0, 0.1) is 6.92 Å². The highest BCUT2D eigenvalue weighted by molar-refractivity contribution is 7.89. The van der Waals surface area contributed by atoms with Crippen molar-refractivity contribution in [2.24, 2.45) is 4.99 Å². The Balaban J connectivity index is 1.65. The van der Waals surface area contributed by atoms with Crippen LogP contribution in [0.5, 0.6) is 5.75 Å². The van der Waals surface area contributed by atoms with Crippen molar-refractivity contribution >= 4 is 16.0 Å². The van der Waals surface area contributed by atoms with Gasteiger partial charge in [0, 0.05) is 26.7 Å². The summed E-state index contributed by atoms with van der Waals surface area (Å²) in [6, 6.07) is 7.89. The molecule has 1 aliphatic heterocycles. The Morgan fingerprint density at radius 2 is 2.17 bits per heavy atom. The molecule has 3 N–H and O–H groups in total. The molecule has 29 heavy (non-hydrogen) atoms. The maximum Gasteiger partial charge on any atom is 0.213 e. The molecule has 0 saturated carbocycles. The lowest BCUT2D eigenvalue weighted by Crippen LogP contribution is -2.44. The van der Waals surface area contributed by atoms with Crippen molar-refractivity contribution in [2.75, 3.05) is 39.0 Å². The lowest BCUT2D eigenvalue weighted by atomic mass is 10.1. The van der Waals surface area contributed by atoms with Crippen LogP contribution in [0.15, 0.2) is 29.3 Å². The molecule has 0 radical (unpaired) electrons. The third kappa shape index (κ3) is 9.47. The molecule has 9 heteroatoms. The van der Waals surface area contributed by atoms with Crippen LogP contribution < -0.4 is 20.1 Å². The number of hydrogen-bond donors (Lipinski definition) is 3. The minimum Gasteiger partial charge on any atom is -0.489 e. The molecule has 1 aromatic carbocycles. The predicted octanol–water partition coefficient (Wildman–Crippen LogP) is 1.42. The van der Waals surface area contributed by atoms with Crippen LogP contribution in [0.2, 0.25) is 0 Å². The van der Waals surface area contributed by atoms with E-state index in [2.05, 4.69) is 20.3 Å². The number of nitrogens with one attached hydrogen (secondary N) is 3. The smallest absolute Gasteiger partial charge is 0.213 e. The zero-order valence-electron chi connectivity index (χ0n) is 17.6. The molecule has 0 spiro atoms. The molecule has 0 amide bonds. The molecule has 2 atom stereocenters. The topological polar surface area (TPSA) is 101 Å². The van der Waals surface area contributed by atoms with E-state index in [1.165, 1.54) is 0 Å². The van der Waals surface area contributed by atoms with E-state index in [1.807, 2.05) is 38.1 Å². The summed E-state index contributed by atoms with van der Waals surface area (Å²) < 4.78 is 38.4. The number of rotatable bonds is 10. The average molecular weight is 427 g/mol. The second-order valence-electron chi connectivity index (χ2n) is 7.28. The third-order valence-corrected chi connectivity index (χ3v) is 5.92. The second-order valence-corrected chi connectivity index (χ2v) is 9.21. The maximum absolute atomic E-state index is 12.2. The molecule has 0 aliphatic carbocycles. The summed E-state index contributed by atoms with van der Waals surface area (Å²) in [4.78, 5) is 4.12. The van der Waals surface area contributed by atoms with Crippen LogP contribution in [0.1, 0.15) is 31.7 Å². The van der Waals surface area contributed by atoms with Gasteiger partial charge in [0.15, 0.2) is 5.96 Å². The van der Waals surface area contributed by atoms with Gasteiger partial charge in [0.1, 0.15) is 11.9 Å². The van der Waals surface area contributed by atoms with E-state index in [1.54, 1.807) is 7.05 Å². The number of ether oxygens (including phenoxy) is 2. The molecule has 2 rings (SSSR count). The number of aryl methyl sites for hydroxylation is 1. The van der Waals surface area contributed by atoms with E-state index in [9.17, 15) is 8.42 Å². The summed E-state index contributed by atoms with van der Waals surface area (Å²) >= 11 is 0. The molecular formula is C20H34N4O4S. The highest BCUT2D eigenvalue weighted by atomic mass is 32.2. The van der Waals surface area contributed by atoms with Crippen LogP contribution in [-0.4, -0.2) is 65.6 Å². The van der Waals surface area contributed by atoms with Crippen LogP contribution in [0.4, 0.5) is 0 Å². The van der Waals surface area contributed by atoms with Crippen molar-refractivity contribution in [1.29, 1.82) is 0 Å². The van der Waals surface area contributed by atoms with Gasteiger partial charge < -0.3 is 20.1 Å². The second kappa shape index (κ2) is 12.0. The Morgan fingerprint density at radius 3 is 2.86 bits per heavy atom. The van der Waals surface area contributed by atoms with Crippen LogP contribution >= 0.6 is 0 Å². The molecule has 0 bridgehead atoms. The lowest BCUT2D eigenvalue weighted by Gasteiger charge is -2.22. The fourth-order valence-corrected chi connectivity index (χ4v) is 3.94. The first-order chi connectivity index (χ1) is 13.9. The Kier molecular flexibility index (Phi) is 9.69. The molecule has 164 valence electrons. The third-order valence-electron chi connectivity index (χ3n) is 4.58. The van der Waals surface area contributed by atoms with E-state index in [4.69, 9.17) is 9.47 Å². The standard InChI is InChI=1S/C20H34N4O4S/c1-16-7-6-9-18(13-16)28-17(2)14-23-20(21-3)22-10-12-29(25,26)24-15-19-8-4-5-11-27-19/h6-7,9,13,17,19,24H,4-5,8,10-12,14-15H2,1-3H3,(H2,21,22,23). The largest absolute Gasteiger partial charge is 0.489 e. The average Bonchev–Trinajstić information content (AvgIpc) is 2.70. The van der Waals surface area contributed by atoms with Gasteiger partial charge in [-0.25, -0.2) is 13.1 Å². The first kappa shape index (κ1) is 23.4. The number of sulfonamides is 1. The molecule has 8 nitrogen and oxygen atoms in total. The Hall–Kier alpha value is -1.84. The van der Waals surface area contributed by atoms with Gasteiger partial charge in [0.05, 0.1) is 18.4 Å². The van der Waals surface area contributed by atoms with Crippen LogP contribution in [-0.2, 0) is 14.8 Å². The first-order valence-corrected chi connectivity index (χ1v) is 11.8. The van der Waals surface area contributed by atoms with E-state index < -0.39 is 10.0 Å². The summed E-state index contributed by atoms with van der Waals surface area (Å²) in [7, 11) is -1.71. The molecular weight excluding hydrogens is 392 g/mol. The molecule has 2 unspecified atom stereocenters. The quantitative estimate of drug-likeness (QED) is 0.386. The summed E-state index contributed by atoms with van der Waals surface area (Å²) in [5.41, 5.74) is 1.14. The molecule has 0 aromatic heterocycles. The van der Waals surface area contributed by atoms with Gasteiger partial charge in [-0.1, -0.05) is 12.1 Å². The summed E-state index contributed by atoms with van der Waals surface area (Å²) in [6.45, 7) is 5.83. The Bertz CT molecular complexity index is 749. The molecule has 1 aliphatic rings. The highest BCUT2D eigenvalue weighted by Crippen LogP contribution is 2.14. The summed E-state index contributed by atoms with van der Waals surface area (Å²) in [5.74, 6) is 1.33. The summed E-state index contributed by atoms with van der Waals surface area (Å²) in [6.07, 6.45) is 2.95. The zero-order valence-corrected chi connectivity index (χ0v) is 18.4. The molecule has 1 heterocycles. The number of hydrogen-bond acceptors (Lipinski definition) is 5. The van der Waals surface area contributed by atoms with Crippen LogP contribution in [0.25, 0.3) is 0 Å². The minimum atomic E-state index is -3.36. The van der Waals surface area contributed by atoms with Gasteiger partial charge in [-0.3, -0.25) is 4.99 Å². The van der Waals surface area contributed by atoms with Gasteiger partial charge in [0.2, 0.25) is 10.0 Å². The lowest BCUT2D eigenvalue weighted by molar-refractivity contribution is 0.0200. The van der Waals surface area contributed by atoms with Gasteiger partial charge in [0.25, 0.3) is 0 Å². The van der Waals surface area contributed by atoms with E-state index in [0.717, 1.165) is 30.6 Å². The van der Waals surface area contributed by atoms with Crippen LogP contribution in [0.3, 0.4) is 0 Å². The van der Waals surface area contributed by atoms with E-state index >= 15 is 0 Å². The van der Waals surface area contributed by atoms with Crippen molar-refractivity contribution in [1.82, 2.24) is 15.4 Å². The number of aliphatic imine (C=N–C) groups is 1. The molecule has 1 aromatic rings. The maximum atomic E-state index is 12.2. The van der Waals surface area contributed by atoms with Crippen molar-refractivity contribution in [3.63, 3.8) is 0 Å². The number of guanidine groups is 1. The predicted molar refractivity (Wildman–Crippen MR) is 116 cm³/mol. The van der Waals surface area contributed by atoms with Crippen molar-refractivity contribution < 1.29 is 17.9 Å². The fraction of sp³-hybridized carbons (Fsp3) is 0.650. The zero-order chi connectivity index (χ0) is 21.1.